The number of nitrogen functional groups attached to an aromatic ring is 1. The predicted molar refractivity (Wildman–Crippen MR) is 99.8 cm³/mol. The minimum absolute atomic E-state index is 0.327. The SMILES string of the molecule is Cc1ccc(F)cc1NC(=O)c1sc2nc3c(cc2c1N)CCCC3. The Morgan fingerprint density at radius 3 is 2.92 bits per heavy atom. The van der Waals surface area contributed by atoms with E-state index in [9.17, 15) is 9.18 Å². The summed E-state index contributed by atoms with van der Waals surface area (Å²) in [6.45, 7) is 1.82. The first-order chi connectivity index (χ1) is 12.0. The molecule has 2 aromatic heterocycles. The van der Waals surface area contributed by atoms with Crippen LogP contribution in [0.3, 0.4) is 0 Å². The number of amides is 1. The lowest BCUT2D eigenvalue weighted by molar-refractivity contribution is 0.103. The summed E-state index contributed by atoms with van der Waals surface area (Å²) >= 11 is 1.29. The highest BCUT2D eigenvalue weighted by atomic mass is 32.1. The first-order valence-corrected chi connectivity index (χ1v) is 9.13. The molecule has 0 aliphatic heterocycles. The molecule has 4 nitrogen and oxygen atoms in total. The number of hydrogen-bond donors (Lipinski definition) is 2. The average molecular weight is 355 g/mol. The van der Waals surface area contributed by atoms with Gasteiger partial charge in [-0.15, -0.1) is 11.3 Å². The summed E-state index contributed by atoms with van der Waals surface area (Å²) in [6.07, 6.45) is 4.31. The molecule has 0 radical (unpaired) electrons. The molecule has 25 heavy (non-hydrogen) atoms. The molecule has 2 heterocycles. The molecule has 6 heteroatoms. The highest BCUT2D eigenvalue weighted by Crippen LogP contribution is 2.36. The molecule has 128 valence electrons. The van der Waals surface area contributed by atoms with Crippen molar-refractivity contribution in [3.63, 3.8) is 0 Å². The average Bonchev–Trinajstić information content (AvgIpc) is 2.92. The van der Waals surface area contributed by atoms with Crippen LogP contribution < -0.4 is 11.1 Å². The molecular weight excluding hydrogens is 337 g/mol. The van der Waals surface area contributed by atoms with Crippen molar-refractivity contribution < 1.29 is 9.18 Å². The number of carbonyl (C=O) groups excluding carboxylic acids is 1. The number of aryl methyl sites for hydroxylation is 3. The lowest BCUT2D eigenvalue weighted by Gasteiger charge is -2.14. The van der Waals surface area contributed by atoms with Gasteiger partial charge in [-0.2, -0.15) is 0 Å². The molecule has 1 aliphatic rings. The van der Waals surface area contributed by atoms with Crippen molar-refractivity contribution in [1.29, 1.82) is 0 Å². The first-order valence-electron chi connectivity index (χ1n) is 8.31. The van der Waals surface area contributed by atoms with Crippen molar-refractivity contribution in [2.24, 2.45) is 0 Å². The number of nitrogens with two attached hydrogens (primary N) is 1. The molecule has 3 N–H and O–H groups in total. The molecule has 1 amide bonds. The van der Waals surface area contributed by atoms with Crippen molar-refractivity contribution >= 4 is 38.8 Å². The van der Waals surface area contributed by atoms with Crippen molar-refractivity contribution in [2.75, 3.05) is 11.1 Å². The van der Waals surface area contributed by atoms with Crippen molar-refractivity contribution in [3.05, 3.63) is 51.8 Å². The molecule has 4 rings (SSSR count). The molecule has 0 spiro atoms. The molecule has 0 bridgehead atoms. The molecule has 1 aromatic carbocycles. The first kappa shape index (κ1) is 16.0. The summed E-state index contributed by atoms with van der Waals surface area (Å²) in [5, 5.41) is 3.60. The van der Waals surface area contributed by atoms with Crippen LogP contribution in [0.5, 0.6) is 0 Å². The zero-order chi connectivity index (χ0) is 17.6. The summed E-state index contributed by atoms with van der Waals surface area (Å²) in [6, 6.07) is 6.39. The van der Waals surface area contributed by atoms with E-state index in [1.165, 1.54) is 29.0 Å². The molecule has 1 aliphatic carbocycles. The van der Waals surface area contributed by atoms with E-state index in [1.807, 2.05) is 6.92 Å². The molecule has 3 aromatic rings. The summed E-state index contributed by atoms with van der Waals surface area (Å²) in [4.78, 5) is 18.6. The number of thiophene rings is 1. The van der Waals surface area contributed by atoms with Crippen LogP contribution in [0.15, 0.2) is 24.3 Å². The van der Waals surface area contributed by atoms with Crippen LogP contribution in [0.25, 0.3) is 10.2 Å². The Hall–Kier alpha value is -2.47. The molecule has 0 unspecified atom stereocenters. The Labute approximate surface area is 148 Å². The smallest absolute Gasteiger partial charge is 0.267 e. The van der Waals surface area contributed by atoms with Gasteiger partial charge in [0.05, 0.1) is 5.69 Å². The van der Waals surface area contributed by atoms with E-state index in [2.05, 4.69) is 11.4 Å². The number of anilines is 2. The second-order valence-electron chi connectivity index (χ2n) is 6.41. The minimum atomic E-state index is -0.389. The summed E-state index contributed by atoms with van der Waals surface area (Å²) < 4.78 is 13.4. The van der Waals surface area contributed by atoms with Crippen molar-refractivity contribution in [1.82, 2.24) is 4.98 Å². The number of halogens is 1. The number of hydrogen-bond acceptors (Lipinski definition) is 4. The maximum absolute atomic E-state index is 13.4. The van der Waals surface area contributed by atoms with Gasteiger partial charge >= 0.3 is 0 Å². The molecule has 0 saturated carbocycles. The minimum Gasteiger partial charge on any atom is -0.397 e. The van der Waals surface area contributed by atoms with Gasteiger partial charge in [-0.1, -0.05) is 6.07 Å². The molecular formula is C19H18FN3OS. The number of fused-ring (bicyclic) bond motifs is 2. The molecule has 0 atom stereocenters. The van der Waals surface area contributed by atoms with E-state index < -0.39 is 0 Å². The van der Waals surface area contributed by atoms with Crippen LogP contribution in [0.1, 0.15) is 39.3 Å². The predicted octanol–water partition coefficient (Wildman–Crippen LogP) is 4.46. The lowest BCUT2D eigenvalue weighted by Crippen LogP contribution is -2.13. The standard InChI is InChI=1S/C19H18FN3OS/c1-10-6-7-12(20)9-15(10)22-18(24)17-16(21)13-8-11-4-2-3-5-14(11)23-19(13)25-17/h6-9H,2-5,21H2,1H3,(H,22,24). The van der Waals surface area contributed by atoms with Gasteiger partial charge in [0, 0.05) is 16.8 Å². The summed E-state index contributed by atoms with van der Waals surface area (Å²) in [7, 11) is 0. The third kappa shape index (κ3) is 2.87. The van der Waals surface area contributed by atoms with Crippen molar-refractivity contribution in [3.8, 4) is 0 Å². The Morgan fingerprint density at radius 1 is 1.28 bits per heavy atom. The maximum atomic E-state index is 13.4. The van der Waals surface area contributed by atoms with E-state index in [4.69, 9.17) is 10.7 Å². The summed E-state index contributed by atoms with van der Waals surface area (Å²) in [5.41, 5.74) is 10.3. The Kier molecular flexibility index (Phi) is 3.92. The number of carbonyl (C=O) groups is 1. The van der Waals surface area contributed by atoms with Gasteiger partial charge < -0.3 is 11.1 Å². The van der Waals surface area contributed by atoms with Gasteiger partial charge in [-0.3, -0.25) is 4.79 Å². The van der Waals surface area contributed by atoms with Crippen molar-refractivity contribution in [2.45, 2.75) is 32.6 Å². The van der Waals surface area contributed by atoms with Gasteiger partial charge in [0.25, 0.3) is 5.91 Å². The van der Waals surface area contributed by atoms with E-state index in [0.29, 0.717) is 16.3 Å². The number of benzene rings is 1. The Morgan fingerprint density at radius 2 is 2.08 bits per heavy atom. The fourth-order valence-corrected chi connectivity index (χ4v) is 4.23. The number of nitrogens with one attached hydrogen (secondary N) is 1. The number of rotatable bonds is 2. The van der Waals surface area contributed by atoms with Crippen LogP contribution in [-0.4, -0.2) is 10.9 Å². The van der Waals surface area contributed by atoms with Gasteiger partial charge in [-0.05, 0) is 61.9 Å². The van der Waals surface area contributed by atoms with Crippen LogP contribution in [-0.2, 0) is 12.8 Å². The zero-order valence-corrected chi connectivity index (χ0v) is 14.7. The Balaban J connectivity index is 1.72. The Bertz CT molecular complexity index is 996. The normalized spacial score (nSPS) is 13.7. The zero-order valence-electron chi connectivity index (χ0n) is 13.9. The second-order valence-corrected chi connectivity index (χ2v) is 7.41. The van der Waals surface area contributed by atoms with E-state index in [-0.39, 0.29) is 11.7 Å². The largest absolute Gasteiger partial charge is 0.397 e. The third-order valence-corrected chi connectivity index (χ3v) is 5.77. The van der Waals surface area contributed by atoms with Crippen LogP contribution >= 0.6 is 11.3 Å². The fourth-order valence-electron chi connectivity index (χ4n) is 3.24. The van der Waals surface area contributed by atoms with Gasteiger partial charge in [0.15, 0.2) is 0 Å². The van der Waals surface area contributed by atoms with E-state index in [1.54, 1.807) is 6.07 Å². The lowest BCUT2D eigenvalue weighted by atomic mass is 9.95. The van der Waals surface area contributed by atoms with E-state index >= 15 is 0 Å². The van der Waals surface area contributed by atoms with E-state index in [0.717, 1.165) is 47.2 Å². The van der Waals surface area contributed by atoms with Gasteiger partial charge in [0.1, 0.15) is 15.5 Å². The van der Waals surface area contributed by atoms with Gasteiger partial charge in [-0.25, -0.2) is 9.37 Å². The number of nitrogens with zero attached hydrogens (tertiary/aromatic N) is 1. The molecule has 0 fully saturated rings. The number of pyridine rings is 1. The molecule has 0 saturated heterocycles. The summed E-state index contributed by atoms with van der Waals surface area (Å²) in [5.74, 6) is -0.716. The quantitative estimate of drug-likeness (QED) is 0.713. The second kappa shape index (κ2) is 6.11. The van der Waals surface area contributed by atoms with Crippen LogP contribution in [0.2, 0.25) is 0 Å². The maximum Gasteiger partial charge on any atom is 0.267 e. The highest BCUT2D eigenvalue weighted by molar-refractivity contribution is 7.21. The monoisotopic (exact) mass is 355 g/mol. The fraction of sp³-hybridized carbons (Fsp3) is 0.263. The third-order valence-electron chi connectivity index (χ3n) is 4.65. The van der Waals surface area contributed by atoms with Crippen LogP contribution in [0, 0.1) is 12.7 Å². The van der Waals surface area contributed by atoms with Gasteiger partial charge in [0.2, 0.25) is 0 Å². The topological polar surface area (TPSA) is 68.0 Å². The van der Waals surface area contributed by atoms with Crippen LogP contribution in [0.4, 0.5) is 15.8 Å². The number of aromatic nitrogens is 1. The highest BCUT2D eigenvalue weighted by Gasteiger charge is 2.21.